The Kier molecular flexibility index (Phi) is 4.71. The topological polar surface area (TPSA) is 45.8 Å². The van der Waals surface area contributed by atoms with Gasteiger partial charge in [-0.05, 0) is 32.6 Å². The zero-order valence-electron chi connectivity index (χ0n) is 10.8. The van der Waals surface area contributed by atoms with E-state index in [1.54, 1.807) is 0 Å². The number of aryl methyl sites for hydroxylation is 2. The Labute approximate surface area is 97.3 Å². The van der Waals surface area contributed by atoms with Crippen LogP contribution in [-0.2, 0) is 0 Å². The largest absolute Gasteiger partial charge is 0.311 e. The lowest BCUT2D eigenvalue weighted by Gasteiger charge is -2.15. The van der Waals surface area contributed by atoms with Crippen LogP contribution in [0.25, 0.3) is 0 Å². The van der Waals surface area contributed by atoms with Gasteiger partial charge in [0.2, 0.25) is 0 Å². The van der Waals surface area contributed by atoms with Crippen LogP contribution in [0.2, 0.25) is 0 Å². The molecule has 0 aliphatic carbocycles. The van der Waals surface area contributed by atoms with Crippen molar-refractivity contribution < 1.29 is 0 Å². The van der Waals surface area contributed by atoms with Crippen molar-refractivity contribution in [1.82, 2.24) is 9.97 Å². The smallest absolute Gasteiger partial charge is 0.254 e. The number of aromatic nitrogens is 2. The summed E-state index contributed by atoms with van der Waals surface area (Å²) in [7, 11) is 0. The van der Waals surface area contributed by atoms with Crippen molar-refractivity contribution in [1.29, 1.82) is 0 Å². The number of nitrogens with one attached hydrogen (secondary N) is 1. The molecule has 0 fully saturated rings. The molecule has 0 aromatic carbocycles. The number of rotatable bonds is 5. The van der Waals surface area contributed by atoms with Gasteiger partial charge in [-0.2, -0.15) is 0 Å². The van der Waals surface area contributed by atoms with E-state index in [9.17, 15) is 4.79 Å². The summed E-state index contributed by atoms with van der Waals surface area (Å²) >= 11 is 0. The van der Waals surface area contributed by atoms with E-state index < -0.39 is 0 Å². The van der Waals surface area contributed by atoms with Crippen molar-refractivity contribution in [2.45, 2.75) is 59.3 Å². The van der Waals surface area contributed by atoms with Gasteiger partial charge in [0.05, 0.1) is 0 Å². The highest BCUT2D eigenvalue weighted by atomic mass is 16.1. The van der Waals surface area contributed by atoms with Crippen molar-refractivity contribution in [3.63, 3.8) is 0 Å². The molecule has 0 radical (unpaired) electrons. The number of unbranched alkanes of at least 4 members (excludes halogenated alkanes) is 1. The van der Waals surface area contributed by atoms with Crippen molar-refractivity contribution in [3.8, 4) is 0 Å². The highest BCUT2D eigenvalue weighted by Gasteiger charge is 2.16. The fourth-order valence-corrected chi connectivity index (χ4v) is 2.22. The van der Waals surface area contributed by atoms with E-state index in [0.29, 0.717) is 11.7 Å². The summed E-state index contributed by atoms with van der Waals surface area (Å²) in [4.78, 5) is 19.1. The van der Waals surface area contributed by atoms with Gasteiger partial charge in [-0.25, -0.2) is 4.98 Å². The molecule has 1 atom stereocenters. The first-order valence-corrected chi connectivity index (χ1v) is 6.17. The lowest BCUT2D eigenvalue weighted by Crippen LogP contribution is -2.20. The third-order valence-electron chi connectivity index (χ3n) is 3.07. The van der Waals surface area contributed by atoms with Crippen LogP contribution in [0.15, 0.2) is 4.79 Å². The Morgan fingerprint density at radius 2 is 2.00 bits per heavy atom. The summed E-state index contributed by atoms with van der Waals surface area (Å²) in [5.74, 6) is 1.06. The first kappa shape index (κ1) is 12.9. The SMILES string of the molecule is CCCCC(CC)c1c(C)nc(C)[nH]c1=O. The molecule has 0 aliphatic rings. The van der Waals surface area contributed by atoms with Crippen molar-refractivity contribution in [3.05, 3.63) is 27.4 Å². The molecular formula is C13H22N2O. The van der Waals surface area contributed by atoms with Crippen LogP contribution in [0.3, 0.4) is 0 Å². The predicted octanol–water partition coefficient (Wildman–Crippen LogP) is 3.07. The number of hydrogen-bond acceptors (Lipinski definition) is 2. The molecule has 3 nitrogen and oxygen atoms in total. The van der Waals surface area contributed by atoms with Gasteiger partial charge in [-0.3, -0.25) is 4.79 Å². The summed E-state index contributed by atoms with van der Waals surface area (Å²) in [5, 5.41) is 0. The van der Waals surface area contributed by atoms with Crippen LogP contribution in [0, 0.1) is 13.8 Å². The maximum Gasteiger partial charge on any atom is 0.254 e. The number of nitrogens with zero attached hydrogens (tertiary/aromatic N) is 1. The Balaban J connectivity index is 3.05. The zero-order valence-corrected chi connectivity index (χ0v) is 10.8. The average molecular weight is 222 g/mol. The van der Waals surface area contributed by atoms with E-state index in [1.807, 2.05) is 13.8 Å². The second-order valence-electron chi connectivity index (χ2n) is 4.40. The standard InChI is InChI=1S/C13H22N2O/c1-5-7-8-11(6-2)12-9(3)14-10(4)15-13(12)16/h11H,5-8H2,1-4H3,(H,14,15,16). The van der Waals surface area contributed by atoms with Crippen LogP contribution in [0.5, 0.6) is 0 Å². The Morgan fingerprint density at radius 3 is 2.50 bits per heavy atom. The van der Waals surface area contributed by atoms with E-state index in [-0.39, 0.29) is 5.56 Å². The van der Waals surface area contributed by atoms with E-state index >= 15 is 0 Å². The summed E-state index contributed by atoms with van der Waals surface area (Å²) < 4.78 is 0. The van der Waals surface area contributed by atoms with Gasteiger partial charge in [-0.1, -0.05) is 26.7 Å². The highest BCUT2D eigenvalue weighted by molar-refractivity contribution is 5.21. The normalized spacial score (nSPS) is 12.8. The molecule has 0 bridgehead atoms. The molecule has 0 saturated carbocycles. The molecule has 0 saturated heterocycles. The van der Waals surface area contributed by atoms with Crippen LogP contribution in [-0.4, -0.2) is 9.97 Å². The molecule has 1 heterocycles. The number of aromatic amines is 1. The summed E-state index contributed by atoms with van der Waals surface area (Å²) in [6, 6.07) is 0. The van der Waals surface area contributed by atoms with E-state index in [1.165, 1.54) is 12.8 Å². The summed E-state index contributed by atoms with van der Waals surface area (Å²) in [5.41, 5.74) is 1.83. The fraction of sp³-hybridized carbons (Fsp3) is 0.692. The molecule has 1 aromatic heterocycles. The highest BCUT2D eigenvalue weighted by Crippen LogP contribution is 2.24. The van der Waals surface area contributed by atoms with Crippen LogP contribution in [0.4, 0.5) is 0 Å². The number of hydrogen-bond donors (Lipinski definition) is 1. The van der Waals surface area contributed by atoms with Gasteiger partial charge in [0.1, 0.15) is 5.82 Å². The van der Waals surface area contributed by atoms with Gasteiger partial charge in [0.15, 0.2) is 0 Å². The lowest BCUT2D eigenvalue weighted by atomic mass is 9.91. The maximum atomic E-state index is 11.9. The predicted molar refractivity (Wildman–Crippen MR) is 66.9 cm³/mol. The second kappa shape index (κ2) is 5.83. The quantitative estimate of drug-likeness (QED) is 0.832. The van der Waals surface area contributed by atoms with Crippen LogP contribution < -0.4 is 5.56 Å². The molecule has 0 spiro atoms. The molecule has 1 unspecified atom stereocenters. The first-order chi connectivity index (χ1) is 7.60. The fourth-order valence-electron chi connectivity index (χ4n) is 2.22. The third-order valence-corrected chi connectivity index (χ3v) is 3.07. The Morgan fingerprint density at radius 1 is 1.31 bits per heavy atom. The lowest BCUT2D eigenvalue weighted by molar-refractivity contribution is 0.558. The van der Waals surface area contributed by atoms with Gasteiger partial charge in [-0.15, -0.1) is 0 Å². The minimum atomic E-state index is 0.0490. The molecular weight excluding hydrogens is 200 g/mol. The third kappa shape index (κ3) is 2.94. The zero-order chi connectivity index (χ0) is 12.1. The van der Waals surface area contributed by atoms with Gasteiger partial charge < -0.3 is 4.98 Å². The van der Waals surface area contributed by atoms with Gasteiger partial charge in [0, 0.05) is 11.3 Å². The van der Waals surface area contributed by atoms with E-state index in [0.717, 1.165) is 24.1 Å². The average Bonchev–Trinajstić information content (AvgIpc) is 2.21. The monoisotopic (exact) mass is 222 g/mol. The van der Waals surface area contributed by atoms with Crippen molar-refractivity contribution in [2.24, 2.45) is 0 Å². The van der Waals surface area contributed by atoms with Gasteiger partial charge >= 0.3 is 0 Å². The first-order valence-electron chi connectivity index (χ1n) is 6.17. The molecule has 0 aliphatic heterocycles. The Bertz CT molecular complexity index is 395. The summed E-state index contributed by atoms with van der Waals surface area (Å²) in [6.45, 7) is 8.08. The summed E-state index contributed by atoms with van der Waals surface area (Å²) in [6.07, 6.45) is 4.44. The van der Waals surface area contributed by atoms with Crippen LogP contribution in [0.1, 0.15) is 62.5 Å². The molecule has 3 heteroatoms. The number of H-pyrrole nitrogens is 1. The van der Waals surface area contributed by atoms with E-state index in [4.69, 9.17) is 0 Å². The van der Waals surface area contributed by atoms with Crippen LogP contribution >= 0.6 is 0 Å². The molecule has 1 rings (SSSR count). The minimum Gasteiger partial charge on any atom is -0.311 e. The molecule has 16 heavy (non-hydrogen) atoms. The second-order valence-corrected chi connectivity index (χ2v) is 4.40. The van der Waals surface area contributed by atoms with E-state index in [2.05, 4.69) is 23.8 Å². The Hall–Kier alpha value is -1.12. The molecule has 90 valence electrons. The molecule has 1 aromatic rings. The van der Waals surface area contributed by atoms with Gasteiger partial charge in [0.25, 0.3) is 5.56 Å². The van der Waals surface area contributed by atoms with Crippen molar-refractivity contribution >= 4 is 0 Å². The molecule has 0 amide bonds. The molecule has 1 N–H and O–H groups in total. The maximum absolute atomic E-state index is 11.9. The minimum absolute atomic E-state index is 0.0490. The van der Waals surface area contributed by atoms with Crippen molar-refractivity contribution in [2.75, 3.05) is 0 Å².